The summed E-state index contributed by atoms with van der Waals surface area (Å²) in [5.74, 6) is -0.883. The van der Waals surface area contributed by atoms with Crippen molar-refractivity contribution in [2.75, 3.05) is 13.2 Å². The summed E-state index contributed by atoms with van der Waals surface area (Å²) >= 11 is 5.65. The Morgan fingerprint density at radius 2 is 2.27 bits per heavy atom. The highest BCUT2D eigenvalue weighted by Gasteiger charge is 2.12. The van der Waals surface area contributed by atoms with Gasteiger partial charge in [-0.2, -0.15) is 0 Å². The number of carbonyl (C=O) groups is 1. The largest absolute Gasteiger partial charge is 0.373 e. The molecule has 0 aromatic heterocycles. The van der Waals surface area contributed by atoms with Gasteiger partial charge in [0.25, 0.3) is 0 Å². The van der Waals surface area contributed by atoms with Crippen LogP contribution in [0.15, 0.2) is 18.2 Å². The van der Waals surface area contributed by atoms with Gasteiger partial charge in [0.05, 0.1) is 5.02 Å². The number of Topliss-reactive ketones (excluding diaryl/α,β-unsaturated/α-hetero) is 1. The minimum absolute atomic E-state index is 0.0585. The fourth-order valence-corrected chi connectivity index (χ4v) is 1.34. The molecule has 1 rings (SSSR count). The summed E-state index contributed by atoms with van der Waals surface area (Å²) in [4.78, 5) is 11.5. The van der Waals surface area contributed by atoms with Gasteiger partial charge in [-0.15, -0.1) is 0 Å². The van der Waals surface area contributed by atoms with Gasteiger partial charge in [0.2, 0.25) is 0 Å². The maximum absolute atomic E-state index is 13.0. The lowest BCUT2D eigenvalue weighted by Crippen LogP contribution is -2.10. The van der Waals surface area contributed by atoms with Crippen molar-refractivity contribution in [1.29, 1.82) is 0 Å². The van der Waals surface area contributed by atoms with Crippen molar-refractivity contribution in [1.82, 2.24) is 0 Å². The zero-order chi connectivity index (χ0) is 11.3. The molecule has 0 aliphatic heterocycles. The van der Waals surface area contributed by atoms with E-state index in [9.17, 15) is 9.18 Å². The second kappa shape index (κ2) is 5.83. The normalized spacial score (nSPS) is 10.3. The number of rotatable bonds is 5. The van der Waals surface area contributed by atoms with Crippen LogP contribution < -0.4 is 0 Å². The van der Waals surface area contributed by atoms with Gasteiger partial charge in [-0.3, -0.25) is 4.79 Å². The van der Waals surface area contributed by atoms with Crippen molar-refractivity contribution < 1.29 is 13.9 Å². The number of ether oxygens (including phenoxy) is 1. The van der Waals surface area contributed by atoms with E-state index in [2.05, 4.69) is 0 Å². The number of ketones is 1. The smallest absolute Gasteiger partial charge is 0.190 e. The first-order valence-electron chi connectivity index (χ1n) is 4.71. The van der Waals surface area contributed by atoms with E-state index >= 15 is 0 Å². The van der Waals surface area contributed by atoms with Crippen LogP contribution in [0.25, 0.3) is 0 Å². The van der Waals surface area contributed by atoms with Crippen LogP contribution >= 0.6 is 11.6 Å². The first-order chi connectivity index (χ1) is 7.16. The second-order valence-electron chi connectivity index (χ2n) is 3.08. The van der Waals surface area contributed by atoms with E-state index in [0.717, 1.165) is 6.42 Å². The van der Waals surface area contributed by atoms with E-state index in [-0.39, 0.29) is 23.0 Å². The molecule has 0 fully saturated rings. The van der Waals surface area contributed by atoms with Crippen LogP contribution in [0.4, 0.5) is 4.39 Å². The fraction of sp³-hybridized carbons (Fsp3) is 0.364. The average Bonchev–Trinajstić information content (AvgIpc) is 2.22. The van der Waals surface area contributed by atoms with Crippen LogP contribution in [-0.2, 0) is 4.74 Å². The van der Waals surface area contributed by atoms with E-state index in [1.165, 1.54) is 18.2 Å². The highest BCUT2D eigenvalue weighted by molar-refractivity contribution is 6.34. The molecule has 0 amide bonds. The zero-order valence-electron chi connectivity index (χ0n) is 8.43. The van der Waals surface area contributed by atoms with Crippen LogP contribution in [-0.4, -0.2) is 19.0 Å². The maximum atomic E-state index is 13.0. The molecule has 1 aromatic carbocycles. The molecule has 2 nitrogen and oxygen atoms in total. The number of hydrogen-bond donors (Lipinski definition) is 0. The Labute approximate surface area is 93.0 Å². The van der Waals surface area contributed by atoms with Crippen molar-refractivity contribution in [3.63, 3.8) is 0 Å². The van der Waals surface area contributed by atoms with Gasteiger partial charge in [-0.05, 0) is 18.6 Å². The number of carbonyl (C=O) groups excluding carboxylic acids is 1. The molecule has 4 heteroatoms. The summed E-state index contributed by atoms with van der Waals surface area (Å²) < 4.78 is 18.1. The van der Waals surface area contributed by atoms with Gasteiger partial charge in [-0.1, -0.05) is 24.6 Å². The standard InChI is InChI=1S/C11H12ClFO2/c1-2-6-15-7-10(14)8-4-3-5-9(13)11(8)12/h3-5H,2,6-7H2,1H3. The van der Waals surface area contributed by atoms with Gasteiger partial charge < -0.3 is 4.74 Å². The summed E-state index contributed by atoms with van der Waals surface area (Å²) in [6.07, 6.45) is 0.837. The maximum Gasteiger partial charge on any atom is 0.190 e. The Kier molecular flexibility index (Phi) is 4.72. The van der Waals surface area contributed by atoms with Gasteiger partial charge in [0.1, 0.15) is 12.4 Å². The van der Waals surface area contributed by atoms with Crippen molar-refractivity contribution >= 4 is 17.4 Å². The second-order valence-corrected chi connectivity index (χ2v) is 3.46. The lowest BCUT2D eigenvalue weighted by Gasteiger charge is -2.04. The molecule has 0 aliphatic carbocycles. The molecule has 0 heterocycles. The molecule has 0 saturated carbocycles. The molecule has 1 aromatic rings. The summed E-state index contributed by atoms with van der Waals surface area (Å²) in [5.41, 5.74) is 0.174. The van der Waals surface area contributed by atoms with E-state index in [4.69, 9.17) is 16.3 Å². The lowest BCUT2D eigenvalue weighted by molar-refractivity contribution is 0.0761. The lowest BCUT2D eigenvalue weighted by atomic mass is 10.1. The zero-order valence-corrected chi connectivity index (χ0v) is 9.18. The van der Waals surface area contributed by atoms with E-state index in [1.807, 2.05) is 6.92 Å². The molecule has 0 atom stereocenters. The predicted octanol–water partition coefficient (Wildman–Crippen LogP) is 3.09. The summed E-state index contributed by atoms with van der Waals surface area (Å²) in [6.45, 7) is 2.40. The van der Waals surface area contributed by atoms with Crippen LogP contribution in [0.5, 0.6) is 0 Å². The van der Waals surface area contributed by atoms with Gasteiger partial charge >= 0.3 is 0 Å². The van der Waals surface area contributed by atoms with E-state index < -0.39 is 5.82 Å². The molecule has 0 spiro atoms. The molecule has 0 aliphatic rings. The Morgan fingerprint density at radius 3 is 2.93 bits per heavy atom. The van der Waals surface area contributed by atoms with Crippen molar-refractivity contribution in [2.45, 2.75) is 13.3 Å². The minimum Gasteiger partial charge on any atom is -0.373 e. The number of hydrogen-bond acceptors (Lipinski definition) is 2. The third-order valence-electron chi connectivity index (χ3n) is 1.83. The quantitative estimate of drug-likeness (QED) is 0.574. The Balaban J connectivity index is 2.69. The third kappa shape index (κ3) is 3.29. The first kappa shape index (κ1) is 12.1. The van der Waals surface area contributed by atoms with Crippen molar-refractivity contribution in [3.05, 3.63) is 34.6 Å². The Hall–Kier alpha value is -0.930. The van der Waals surface area contributed by atoms with Gasteiger partial charge in [0, 0.05) is 12.2 Å². The highest BCUT2D eigenvalue weighted by Crippen LogP contribution is 2.19. The van der Waals surface area contributed by atoms with E-state index in [0.29, 0.717) is 6.61 Å². The summed E-state index contributed by atoms with van der Waals surface area (Å²) in [7, 11) is 0. The van der Waals surface area contributed by atoms with E-state index in [1.54, 1.807) is 0 Å². The molecule has 0 radical (unpaired) electrons. The Bertz CT molecular complexity index is 352. The molecular weight excluding hydrogens is 219 g/mol. The van der Waals surface area contributed by atoms with Crippen molar-refractivity contribution in [3.8, 4) is 0 Å². The van der Waals surface area contributed by atoms with Gasteiger partial charge in [0.15, 0.2) is 5.78 Å². The van der Waals surface area contributed by atoms with Gasteiger partial charge in [-0.25, -0.2) is 4.39 Å². The average molecular weight is 231 g/mol. The SMILES string of the molecule is CCCOCC(=O)c1cccc(F)c1Cl. The van der Waals surface area contributed by atoms with Crippen LogP contribution in [0.1, 0.15) is 23.7 Å². The number of halogens is 2. The monoisotopic (exact) mass is 230 g/mol. The molecular formula is C11H12ClFO2. The van der Waals surface area contributed by atoms with Crippen LogP contribution in [0.2, 0.25) is 5.02 Å². The third-order valence-corrected chi connectivity index (χ3v) is 2.22. The Morgan fingerprint density at radius 1 is 1.53 bits per heavy atom. The molecule has 0 unspecified atom stereocenters. The molecule has 0 bridgehead atoms. The topological polar surface area (TPSA) is 26.3 Å². The summed E-state index contributed by atoms with van der Waals surface area (Å²) in [6, 6.07) is 4.16. The van der Waals surface area contributed by atoms with Crippen molar-refractivity contribution in [2.24, 2.45) is 0 Å². The van der Waals surface area contributed by atoms with Crippen LogP contribution in [0, 0.1) is 5.82 Å². The molecule has 0 N–H and O–H groups in total. The number of benzene rings is 1. The van der Waals surface area contributed by atoms with Crippen LogP contribution in [0.3, 0.4) is 0 Å². The fourth-order valence-electron chi connectivity index (χ4n) is 1.11. The minimum atomic E-state index is -0.585. The molecule has 82 valence electrons. The molecule has 0 saturated heterocycles. The highest BCUT2D eigenvalue weighted by atomic mass is 35.5. The molecule has 15 heavy (non-hydrogen) atoms. The summed E-state index contributed by atoms with van der Waals surface area (Å²) in [5, 5.41) is -0.136. The predicted molar refractivity (Wildman–Crippen MR) is 56.9 cm³/mol. The first-order valence-corrected chi connectivity index (χ1v) is 5.09.